The van der Waals surface area contributed by atoms with Gasteiger partial charge in [-0.05, 0) is 55.2 Å². The first-order valence-corrected chi connectivity index (χ1v) is 12.7. The summed E-state index contributed by atoms with van der Waals surface area (Å²) in [5.74, 6) is -0.999. The van der Waals surface area contributed by atoms with Crippen molar-refractivity contribution in [2.24, 2.45) is 5.92 Å². The maximum Gasteiger partial charge on any atom is 0.265 e. The standard InChI is InChI=1S/C22H23BrFN3O5S/c1-14-6-8-26(9-7-14)33(30,31)16-3-5-20-19(11-16)27(22(29)13-32-20)12-21(28)25-18-4-2-15(23)10-17(18)24/h2-5,10-11,14H,6-9,12-13H2,1H3,(H,25,28). The van der Waals surface area contributed by atoms with Gasteiger partial charge in [-0.1, -0.05) is 22.9 Å². The quantitative estimate of drug-likeness (QED) is 0.628. The van der Waals surface area contributed by atoms with E-state index in [4.69, 9.17) is 4.74 Å². The minimum atomic E-state index is -3.76. The fraction of sp³-hybridized carbons (Fsp3) is 0.364. The van der Waals surface area contributed by atoms with E-state index < -0.39 is 34.2 Å². The average molecular weight is 540 g/mol. The summed E-state index contributed by atoms with van der Waals surface area (Å²) in [6, 6.07) is 8.47. The first-order valence-electron chi connectivity index (χ1n) is 10.5. The number of sulfonamides is 1. The first kappa shape index (κ1) is 23.7. The van der Waals surface area contributed by atoms with Gasteiger partial charge in [0.05, 0.1) is 16.3 Å². The number of carbonyl (C=O) groups is 2. The van der Waals surface area contributed by atoms with Gasteiger partial charge >= 0.3 is 0 Å². The third-order valence-electron chi connectivity index (χ3n) is 5.76. The van der Waals surface area contributed by atoms with Gasteiger partial charge in [0.1, 0.15) is 18.1 Å². The number of piperidine rings is 1. The van der Waals surface area contributed by atoms with E-state index in [0.29, 0.717) is 29.2 Å². The fourth-order valence-electron chi connectivity index (χ4n) is 3.81. The molecule has 0 bridgehead atoms. The van der Waals surface area contributed by atoms with Crippen LogP contribution < -0.4 is 15.0 Å². The number of benzene rings is 2. The highest BCUT2D eigenvalue weighted by Crippen LogP contribution is 2.35. The van der Waals surface area contributed by atoms with Crippen molar-refractivity contribution in [2.75, 3.05) is 36.5 Å². The molecule has 2 amide bonds. The van der Waals surface area contributed by atoms with Crippen LogP contribution >= 0.6 is 15.9 Å². The molecule has 0 unspecified atom stereocenters. The number of fused-ring (bicyclic) bond motifs is 1. The van der Waals surface area contributed by atoms with Crippen LogP contribution in [0.5, 0.6) is 5.75 Å². The maximum atomic E-state index is 14.1. The summed E-state index contributed by atoms with van der Waals surface area (Å²) in [4.78, 5) is 26.3. The normalized spacial score (nSPS) is 17.4. The van der Waals surface area contributed by atoms with Gasteiger partial charge in [-0.25, -0.2) is 12.8 Å². The highest BCUT2D eigenvalue weighted by molar-refractivity contribution is 9.10. The predicted octanol–water partition coefficient (Wildman–Crippen LogP) is 3.37. The van der Waals surface area contributed by atoms with Crippen LogP contribution in [0, 0.1) is 11.7 Å². The first-order chi connectivity index (χ1) is 15.6. The van der Waals surface area contributed by atoms with Gasteiger partial charge in [-0.15, -0.1) is 0 Å². The Bertz CT molecular complexity index is 1200. The lowest BCUT2D eigenvalue weighted by molar-refractivity contribution is -0.123. The topological polar surface area (TPSA) is 96.0 Å². The number of amides is 2. The van der Waals surface area contributed by atoms with E-state index in [0.717, 1.165) is 17.7 Å². The zero-order chi connectivity index (χ0) is 23.8. The summed E-state index contributed by atoms with van der Waals surface area (Å²) in [6.07, 6.45) is 1.56. The van der Waals surface area contributed by atoms with Crippen LogP contribution in [-0.4, -0.2) is 50.8 Å². The maximum absolute atomic E-state index is 14.1. The average Bonchev–Trinajstić information content (AvgIpc) is 2.77. The molecule has 0 saturated carbocycles. The molecule has 33 heavy (non-hydrogen) atoms. The highest BCUT2D eigenvalue weighted by Gasteiger charge is 2.32. The molecule has 11 heteroatoms. The smallest absolute Gasteiger partial charge is 0.265 e. The number of anilines is 2. The second-order valence-electron chi connectivity index (χ2n) is 8.16. The molecule has 4 rings (SSSR count). The van der Waals surface area contributed by atoms with Gasteiger partial charge in [0.25, 0.3) is 5.91 Å². The minimum absolute atomic E-state index is 0.0264. The summed E-state index contributed by atoms with van der Waals surface area (Å²) in [6.45, 7) is 2.25. The molecular formula is C22H23BrFN3O5S. The van der Waals surface area contributed by atoms with Crippen molar-refractivity contribution >= 4 is 49.1 Å². The predicted molar refractivity (Wildman–Crippen MR) is 124 cm³/mol. The van der Waals surface area contributed by atoms with Crippen LogP contribution in [0.1, 0.15) is 19.8 Å². The Balaban J connectivity index is 1.57. The molecule has 0 spiro atoms. The van der Waals surface area contributed by atoms with E-state index in [1.165, 1.54) is 34.6 Å². The summed E-state index contributed by atoms with van der Waals surface area (Å²) in [7, 11) is -3.76. The number of hydrogen-bond acceptors (Lipinski definition) is 5. The van der Waals surface area contributed by atoms with E-state index in [9.17, 15) is 22.4 Å². The molecule has 176 valence electrons. The van der Waals surface area contributed by atoms with E-state index in [1.54, 1.807) is 6.07 Å². The Morgan fingerprint density at radius 3 is 2.64 bits per heavy atom. The molecule has 2 aliphatic rings. The summed E-state index contributed by atoms with van der Waals surface area (Å²) >= 11 is 3.15. The second kappa shape index (κ2) is 9.40. The molecule has 1 fully saturated rings. The van der Waals surface area contributed by atoms with Gasteiger partial charge in [0, 0.05) is 17.6 Å². The van der Waals surface area contributed by atoms with Crippen LogP contribution in [-0.2, 0) is 19.6 Å². The lowest BCUT2D eigenvalue weighted by atomic mass is 10.0. The molecule has 0 aliphatic carbocycles. The van der Waals surface area contributed by atoms with Gasteiger partial charge < -0.3 is 10.1 Å². The number of nitrogens with zero attached hydrogens (tertiary/aromatic N) is 2. The Labute approximate surface area is 199 Å². The molecule has 2 aromatic rings. The van der Waals surface area contributed by atoms with Crippen molar-refractivity contribution in [3.8, 4) is 5.75 Å². The second-order valence-corrected chi connectivity index (χ2v) is 11.0. The van der Waals surface area contributed by atoms with Crippen LogP contribution in [0.25, 0.3) is 0 Å². The molecule has 1 saturated heterocycles. The van der Waals surface area contributed by atoms with E-state index in [1.807, 2.05) is 0 Å². The van der Waals surface area contributed by atoms with Gasteiger partial charge in [-0.2, -0.15) is 4.31 Å². The van der Waals surface area contributed by atoms with Crippen molar-refractivity contribution in [2.45, 2.75) is 24.7 Å². The zero-order valence-corrected chi connectivity index (χ0v) is 20.3. The molecule has 2 aromatic carbocycles. The number of hydrogen-bond donors (Lipinski definition) is 1. The van der Waals surface area contributed by atoms with Gasteiger partial charge in [0.2, 0.25) is 15.9 Å². The molecule has 0 radical (unpaired) electrons. The number of halogens is 2. The minimum Gasteiger partial charge on any atom is -0.482 e. The van der Waals surface area contributed by atoms with Crippen molar-refractivity contribution in [1.29, 1.82) is 0 Å². The Kier molecular flexibility index (Phi) is 6.73. The van der Waals surface area contributed by atoms with Crippen molar-refractivity contribution in [1.82, 2.24) is 4.31 Å². The van der Waals surface area contributed by atoms with Gasteiger partial charge in [0.15, 0.2) is 6.61 Å². The number of ether oxygens (including phenoxy) is 1. The Morgan fingerprint density at radius 2 is 1.94 bits per heavy atom. The van der Waals surface area contributed by atoms with E-state index >= 15 is 0 Å². The van der Waals surface area contributed by atoms with Crippen LogP contribution in [0.3, 0.4) is 0 Å². The number of carbonyl (C=O) groups excluding carboxylic acids is 2. The number of rotatable bonds is 5. The summed E-state index contributed by atoms with van der Waals surface area (Å²) in [5, 5.41) is 2.44. The highest BCUT2D eigenvalue weighted by atomic mass is 79.9. The monoisotopic (exact) mass is 539 g/mol. The molecule has 1 N–H and O–H groups in total. The Morgan fingerprint density at radius 1 is 1.21 bits per heavy atom. The molecular weight excluding hydrogens is 517 g/mol. The third kappa shape index (κ3) is 5.04. The van der Waals surface area contributed by atoms with Crippen LogP contribution in [0.15, 0.2) is 45.8 Å². The van der Waals surface area contributed by atoms with Crippen molar-refractivity contribution in [3.05, 3.63) is 46.7 Å². The fourth-order valence-corrected chi connectivity index (χ4v) is 5.64. The SMILES string of the molecule is CC1CCN(S(=O)(=O)c2ccc3c(c2)N(CC(=O)Nc2ccc(Br)cc2F)C(=O)CO3)CC1. The van der Waals surface area contributed by atoms with E-state index in [-0.39, 0.29) is 22.9 Å². The van der Waals surface area contributed by atoms with Crippen molar-refractivity contribution < 1.29 is 27.1 Å². The van der Waals surface area contributed by atoms with E-state index in [2.05, 4.69) is 28.2 Å². The third-order valence-corrected chi connectivity index (χ3v) is 8.15. The Hall–Kier alpha value is -2.50. The number of nitrogens with one attached hydrogen (secondary N) is 1. The lowest BCUT2D eigenvalue weighted by Gasteiger charge is -2.31. The molecule has 2 heterocycles. The van der Waals surface area contributed by atoms with Crippen molar-refractivity contribution in [3.63, 3.8) is 0 Å². The lowest BCUT2D eigenvalue weighted by Crippen LogP contribution is -2.43. The molecule has 0 atom stereocenters. The summed E-state index contributed by atoms with van der Waals surface area (Å²) in [5.41, 5.74) is 0.156. The summed E-state index contributed by atoms with van der Waals surface area (Å²) < 4.78 is 47.8. The van der Waals surface area contributed by atoms with Crippen LogP contribution in [0.2, 0.25) is 0 Å². The van der Waals surface area contributed by atoms with Crippen LogP contribution in [0.4, 0.5) is 15.8 Å². The molecule has 2 aliphatic heterocycles. The molecule has 8 nitrogen and oxygen atoms in total. The zero-order valence-electron chi connectivity index (χ0n) is 17.9. The molecule has 0 aromatic heterocycles. The van der Waals surface area contributed by atoms with Gasteiger partial charge in [-0.3, -0.25) is 14.5 Å². The largest absolute Gasteiger partial charge is 0.482 e.